The standard InChI is InChI=1S/C18H23NO3S/c20-17(13-21-12-15-4-2-1-3-5-15)10-19-7-8-22-18(11-19)16-6-9-23-14-16/h1-6,9,14,17-18,20H,7-8,10-13H2/t17-,18-/m1/s1. The smallest absolute Gasteiger partial charge is 0.0960 e. The van der Waals surface area contributed by atoms with Gasteiger partial charge in [0, 0.05) is 19.6 Å². The number of morpholine rings is 1. The van der Waals surface area contributed by atoms with Crippen molar-refractivity contribution in [2.45, 2.75) is 18.8 Å². The highest BCUT2D eigenvalue weighted by molar-refractivity contribution is 7.07. The summed E-state index contributed by atoms with van der Waals surface area (Å²) in [5.41, 5.74) is 2.36. The van der Waals surface area contributed by atoms with Gasteiger partial charge >= 0.3 is 0 Å². The third-order valence-corrected chi connectivity index (χ3v) is 4.66. The third kappa shape index (κ3) is 5.12. The van der Waals surface area contributed by atoms with Crippen LogP contribution in [-0.4, -0.2) is 49.0 Å². The largest absolute Gasteiger partial charge is 0.389 e. The molecule has 0 aliphatic carbocycles. The van der Waals surface area contributed by atoms with Crippen LogP contribution in [0, 0.1) is 0 Å². The first-order chi connectivity index (χ1) is 11.3. The zero-order valence-corrected chi connectivity index (χ0v) is 14.0. The summed E-state index contributed by atoms with van der Waals surface area (Å²) in [6.45, 7) is 3.91. The molecule has 0 bridgehead atoms. The van der Waals surface area contributed by atoms with E-state index in [9.17, 15) is 5.11 Å². The first kappa shape index (κ1) is 16.6. The predicted octanol–water partition coefficient (Wildman–Crippen LogP) is 2.70. The van der Waals surface area contributed by atoms with Gasteiger partial charge in [-0.15, -0.1) is 0 Å². The molecule has 1 N–H and O–H groups in total. The molecular formula is C18H23NO3S. The molecule has 1 aromatic heterocycles. The summed E-state index contributed by atoms with van der Waals surface area (Å²) in [4.78, 5) is 2.25. The SMILES string of the molecule is O[C@@H](COCc1ccccc1)CN1CCO[C@@H](c2ccsc2)C1. The molecule has 1 aromatic carbocycles. The molecule has 0 saturated carbocycles. The molecule has 1 fully saturated rings. The Morgan fingerprint density at radius 2 is 2.17 bits per heavy atom. The molecule has 2 atom stereocenters. The fourth-order valence-corrected chi connectivity index (χ4v) is 3.47. The van der Waals surface area contributed by atoms with Crippen molar-refractivity contribution in [3.8, 4) is 0 Å². The minimum absolute atomic E-state index is 0.118. The normalized spacial score (nSPS) is 20.5. The summed E-state index contributed by atoms with van der Waals surface area (Å²) < 4.78 is 11.4. The van der Waals surface area contributed by atoms with Gasteiger partial charge in [-0.3, -0.25) is 4.90 Å². The van der Waals surface area contributed by atoms with Gasteiger partial charge in [0.1, 0.15) is 0 Å². The van der Waals surface area contributed by atoms with Crippen LogP contribution in [0.2, 0.25) is 0 Å². The van der Waals surface area contributed by atoms with Gasteiger partial charge in [0.2, 0.25) is 0 Å². The molecule has 2 heterocycles. The van der Waals surface area contributed by atoms with E-state index in [0.717, 1.165) is 18.7 Å². The molecule has 1 saturated heterocycles. The molecule has 3 rings (SSSR count). The number of rotatable bonds is 7. The second kappa shape index (κ2) is 8.57. The van der Waals surface area contributed by atoms with Gasteiger partial charge in [-0.25, -0.2) is 0 Å². The lowest BCUT2D eigenvalue weighted by molar-refractivity contribution is -0.0535. The van der Waals surface area contributed by atoms with E-state index in [1.54, 1.807) is 11.3 Å². The Morgan fingerprint density at radius 1 is 1.30 bits per heavy atom. The summed E-state index contributed by atoms with van der Waals surface area (Å²) in [7, 11) is 0. The highest BCUT2D eigenvalue weighted by atomic mass is 32.1. The van der Waals surface area contributed by atoms with Crippen molar-refractivity contribution in [1.82, 2.24) is 4.90 Å². The van der Waals surface area contributed by atoms with Crippen molar-refractivity contribution in [2.75, 3.05) is 32.8 Å². The molecular weight excluding hydrogens is 310 g/mol. The van der Waals surface area contributed by atoms with E-state index in [0.29, 0.717) is 26.4 Å². The number of nitrogens with zero attached hydrogens (tertiary/aromatic N) is 1. The molecule has 5 heteroatoms. The number of hydrogen-bond acceptors (Lipinski definition) is 5. The first-order valence-electron chi connectivity index (χ1n) is 7.97. The van der Waals surface area contributed by atoms with Crippen LogP contribution in [0.5, 0.6) is 0 Å². The summed E-state index contributed by atoms with van der Waals surface area (Å²) in [6, 6.07) is 12.1. The number of aliphatic hydroxyl groups is 1. The number of benzene rings is 1. The zero-order valence-electron chi connectivity index (χ0n) is 13.1. The number of thiophene rings is 1. The number of β-amino-alcohol motifs (C(OH)–C–C–N with tert-alkyl or cyclic N) is 1. The summed E-state index contributed by atoms with van der Waals surface area (Å²) in [5, 5.41) is 14.4. The Labute approximate surface area is 141 Å². The molecule has 2 aromatic rings. The van der Waals surface area contributed by atoms with Crippen molar-refractivity contribution in [3.63, 3.8) is 0 Å². The number of ether oxygens (including phenoxy) is 2. The van der Waals surface area contributed by atoms with Gasteiger partial charge in [0.05, 0.1) is 32.0 Å². The Kier molecular flexibility index (Phi) is 6.19. The molecule has 124 valence electrons. The van der Waals surface area contributed by atoms with Crippen LogP contribution in [0.4, 0.5) is 0 Å². The van der Waals surface area contributed by atoms with E-state index in [1.165, 1.54) is 5.56 Å². The summed E-state index contributed by atoms with van der Waals surface area (Å²) in [5.74, 6) is 0. The van der Waals surface area contributed by atoms with E-state index in [4.69, 9.17) is 9.47 Å². The van der Waals surface area contributed by atoms with Gasteiger partial charge in [0.15, 0.2) is 0 Å². The fourth-order valence-electron chi connectivity index (χ4n) is 2.77. The monoisotopic (exact) mass is 333 g/mol. The zero-order chi connectivity index (χ0) is 15.9. The molecule has 1 aliphatic rings. The Bertz CT molecular complexity index is 561. The fraction of sp³-hybridized carbons (Fsp3) is 0.444. The number of hydrogen-bond donors (Lipinski definition) is 1. The van der Waals surface area contributed by atoms with Crippen molar-refractivity contribution in [2.24, 2.45) is 0 Å². The van der Waals surface area contributed by atoms with Gasteiger partial charge in [-0.2, -0.15) is 11.3 Å². The first-order valence-corrected chi connectivity index (χ1v) is 8.91. The summed E-state index contributed by atoms with van der Waals surface area (Å²) in [6.07, 6.45) is -0.354. The van der Waals surface area contributed by atoms with Crippen LogP contribution in [-0.2, 0) is 16.1 Å². The average Bonchev–Trinajstić information content (AvgIpc) is 3.11. The Balaban J connectivity index is 1.40. The lowest BCUT2D eigenvalue weighted by atomic mass is 10.1. The van der Waals surface area contributed by atoms with Gasteiger partial charge in [0.25, 0.3) is 0 Å². The van der Waals surface area contributed by atoms with E-state index >= 15 is 0 Å². The minimum atomic E-state index is -0.472. The molecule has 4 nitrogen and oxygen atoms in total. The van der Waals surface area contributed by atoms with Crippen LogP contribution < -0.4 is 0 Å². The van der Waals surface area contributed by atoms with E-state index < -0.39 is 6.10 Å². The lowest BCUT2D eigenvalue weighted by Gasteiger charge is -2.33. The van der Waals surface area contributed by atoms with Gasteiger partial charge in [-0.1, -0.05) is 30.3 Å². The second-order valence-electron chi connectivity index (χ2n) is 5.83. The molecule has 1 aliphatic heterocycles. The highest BCUT2D eigenvalue weighted by Gasteiger charge is 2.23. The van der Waals surface area contributed by atoms with Gasteiger partial charge in [-0.05, 0) is 28.0 Å². The third-order valence-electron chi connectivity index (χ3n) is 3.96. The van der Waals surface area contributed by atoms with Crippen molar-refractivity contribution in [3.05, 3.63) is 58.3 Å². The van der Waals surface area contributed by atoms with Crippen molar-refractivity contribution in [1.29, 1.82) is 0 Å². The summed E-state index contributed by atoms with van der Waals surface area (Å²) >= 11 is 1.69. The molecule has 0 radical (unpaired) electrons. The Morgan fingerprint density at radius 3 is 2.96 bits per heavy atom. The highest BCUT2D eigenvalue weighted by Crippen LogP contribution is 2.24. The minimum Gasteiger partial charge on any atom is -0.389 e. The molecule has 23 heavy (non-hydrogen) atoms. The van der Waals surface area contributed by atoms with E-state index in [-0.39, 0.29) is 6.10 Å². The van der Waals surface area contributed by atoms with Crippen LogP contribution in [0.1, 0.15) is 17.2 Å². The van der Waals surface area contributed by atoms with Crippen LogP contribution in [0.25, 0.3) is 0 Å². The maximum atomic E-state index is 10.2. The van der Waals surface area contributed by atoms with E-state index in [1.807, 2.05) is 30.3 Å². The number of aliphatic hydroxyl groups excluding tert-OH is 1. The van der Waals surface area contributed by atoms with Crippen LogP contribution in [0.15, 0.2) is 47.2 Å². The van der Waals surface area contributed by atoms with Crippen molar-refractivity contribution >= 4 is 11.3 Å². The molecule has 0 amide bonds. The maximum Gasteiger partial charge on any atom is 0.0960 e. The van der Waals surface area contributed by atoms with Crippen LogP contribution >= 0.6 is 11.3 Å². The Hall–Kier alpha value is -1.24. The van der Waals surface area contributed by atoms with Crippen molar-refractivity contribution < 1.29 is 14.6 Å². The average molecular weight is 333 g/mol. The maximum absolute atomic E-state index is 10.2. The quantitative estimate of drug-likeness (QED) is 0.846. The lowest BCUT2D eigenvalue weighted by Crippen LogP contribution is -2.43. The topological polar surface area (TPSA) is 41.9 Å². The predicted molar refractivity (Wildman–Crippen MR) is 91.6 cm³/mol. The second-order valence-corrected chi connectivity index (χ2v) is 6.61. The van der Waals surface area contributed by atoms with Crippen LogP contribution in [0.3, 0.4) is 0 Å². The van der Waals surface area contributed by atoms with Gasteiger partial charge < -0.3 is 14.6 Å². The molecule has 0 unspecified atom stereocenters. The molecule has 0 spiro atoms. The van der Waals surface area contributed by atoms with E-state index in [2.05, 4.69) is 21.7 Å².